The number of hydrogen-bond acceptors (Lipinski definition) is 4. The average molecular weight is 367 g/mol. The molecule has 0 radical (unpaired) electrons. The van der Waals surface area contributed by atoms with Crippen LogP contribution in [0, 0.1) is 6.92 Å². The van der Waals surface area contributed by atoms with Gasteiger partial charge in [-0.1, -0.05) is 42.0 Å². The van der Waals surface area contributed by atoms with Crippen LogP contribution in [0.2, 0.25) is 0 Å². The minimum atomic E-state index is 0.0614. The normalized spacial score (nSPS) is 14.9. The molecule has 2 N–H and O–H groups in total. The van der Waals surface area contributed by atoms with Crippen LogP contribution in [-0.2, 0) is 22.6 Å². The number of hydrogen-bond donors (Lipinski definition) is 2. The third-order valence-corrected chi connectivity index (χ3v) is 4.71. The second kappa shape index (κ2) is 10.2. The molecule has 5 heteroatoms. The molecule has 0 unspecified atom stereocenters. The molecule has 2 aromatic carbocycles. The number of ether oxygens (including phenoxy) is 1. The van der Waals surface area contributed by atoms with Gasteiger partial charge in [0, 0.05) is 44.8 Å². The van der Waals surface area contributed by atoms with Gasteiger partial charge in [-0.3, -0.25) is 9.69 Å². The van der Waals surface area contributed by atoms with E-state index in [0.29, 0.717) is 6.42 Å². The number of nitrogens with zero attached hydrogens (tertiary/aromatic N) is 1. The zero-order valence-corrected chi connectivity index (χ0v) is 16.0. The molecular formula is C22H29N3O2. The molecule has 0 spiro atoms. The topological polar surface area (TPSA) is 53.6 Å². The van der Waals surface area contributed by atoms with Crippen molar-refractivity contribution < 1.29 is 9.53 Å². The van der Waals surface area contributed by atoms with Crippen LogP contribution < -0.4 is 10.6 Å². The van der Waals surface area contributed by atoms with Gasteiger partial charge in [-0.05, 0) is 30.2 Å². The Morgan fingerprint density at radius 2 is 1.74 bits per heavy atom. The highest BCUT2D eigenvalue weighted by Gasteiger charge is 2.12. The number of morpholine rings is 1. The van der Waals surface area contributed by atoms with Crippen LogP contribution in [0.15, 0.2) is 48.5 Å². The van der Waals surface area contributed by atoms with E-state index in [-0.39, 0.29) is 5.91 Å². The van der Waals surface area contributed by atoms with E-state index in [1.165, 1.54) is 11.1 Å². The summed E-state index contributed by atoms with van der Waals surface area (Å²) in [4.78, 5) is 14.5. The van der Waals surface area contributed by atoms with Crippen LogP contribution in [-0.4, -0.2) is 43.7 Å². The summed E-state index contributed by atoms with van der Waals surface area (Å²) < 4.78 is 5.33. The fourth-order valence-corrected chi connectivity index (χ4v) is 3.24. The third-order valence-electron chi connectivity index (χ3n) is 4.71. The summed E-state index contributed by atoms with van der Waals surface area (Å²) in [5.74, 6) is 0.0614. The Balaban J connectivity index is 1.43. The highest BCUT2D eigenvalue weighted by molar-refractivity contribution is 5.90. The standard InChI is InChI=1S/C22H29N3O2/c1-18-4-2-5-19(14-18)16-23-17-20-6-3-7-21(15-20)24-22(26)8-9-25-10-12-27-13-11-25/h2-7,14-15,23H,8-13,16-17H2,1H3,(H,24,26). The Hall–Kier alpha value is -2.21. The first-order valence-corrected chi connectivity index (χ1v) is 9.64. The number of aryl methyl sites for hydroxylation is 1. The van der Waals surface area contributed by atoms with Gasteiger partial charge in [0.1, 0.15) is 0 Å². The lowest BCUT2D eigenvalue weighted by Gasteiger charge is -2.26. The molecule has 3 rings (SSSR count). The summed E-state index contributed by atoms with van der Waals surface area (Å²) in [6.07, 6.45) is 0.510. The first kappa shape index (κ1) is 19.5. The van der Waals surface area contributed by atoms with E-state index in [1.807, 2.05) is 18.2 Å². The molecule has 27 heavy (non-hydrogen) atoms. The molecular weight excluding hydrogens is 338 g/mol. The Kier molecular flexibility index (Phi) is 7.39. The molecule has 2 aromatic rings. The molecule has 0 aliphatic carbocycles. The minimum Gasteiger partial charge on any atom is -0.379 e. The molecule has 0 saturated carbocycles. The van der Waals surface area contributed by atoms with E-state index in [4.69, 9.17) is 4.74 Å². The van der Waals surface area contributed by atoms with Crippen molar-refractivity contribution in [3.05, 3.63) is 65.2 Å². The fourth-order valence-electron chi connectivity index (χ4n) is 3.24. The first-order valence-electron chi connectivity index (χ1n) is 9.64. The van der Waals surface area contributed by atoms with Gasteiger partial charge in [0.25, 0.3) is 0 Å². The van der Waals surface area contributed by atoms with Crippen molar-refractivity contribution in [3.63, 3.8) is 0 Å². The zero-order chi connectivity index (χ0) is 18.9. The number of anilines is 1. The van der Waals surface area contributed by atoms with E-state index in [0.717, 1.165) is 57.2 Å². The summed E-state index contributed by atoms with van der Waals surface area (Å²) in [6.45, 7) is 7.84. The van der Waals surface area contributed by atoms with Crippen LogP contribution in [0.3, 0.4) is 0 Å². The predicted octanol–water partition coefficient (Wildman–Crippen LogP) is 2.95. The molecule has 1 saturated heterocycles. The van der Waals surface area contributed by atoms with Crippen LogP contribution in [0.5, 0.6) is 0 Å². The highest BCUT2D eigenvalue weighted by atomic mass is 16.5. The third kappa shape index (κ3) is 6.79. The molecule has 0 aromatic heterocycles. The number of carbonyl (C=O) groups excluding carboxylic acids is 1. The van der Waals surface area contributed by atoms with Gasteiger partial charge in [-0.2, -0.15) is 0 Å². The summed E-state index contributed by atoms with van der Waals surface area (Å²) in [5, 5.41) is 6.48. The van der Waals surface area contributed by atoms with Crippen molar-refractivity contribution in [3.8, 4) is 0 Å². The van der Waals surface area contributed by atoms with Crippen molar-refractivity contribution >= 4 is 11.6 Å². The minimum absolute atomic E-state index is 0.0614. The number of amides is 1. The number of nitrogens with one attached hydrogen (secondary N) is 2. The van der Waals surface area contributed by atoms with Crippen LogP contribution >= 0.6 is 0 Å². The lowest BCUT2D eigenvalue weighted by molar-refractivity contribution is -0.116. The first-order chi connectivity index (χ1) is 13.2. The molecule has 1 heterocycles. The van der Waals surface area contributed by atoms with Crippen molar-refractivity contribution in [2.45, 2.75) is 26.4 Å². The van der Waals surface area contributed by atoms with E-state index in [9.17, 15) is 4.79 Å². The van der Waals surface area contributed by atoms with Gasteiger partial charge < -0.3 is 15.4 Å². The van der Waals surface area contributed by atoms with Gasteiger partial charge >= 0.3 is 0 Å². The van der Waals surface area contributed by atoms with Crippen LogP contribution in [0.1, 0.15) is 23.1 Å². The van der Waals surface area contributed by atoms with E-state index in [2.05, 4.69) is 52.8 Å². The number of carbonyl (C=O) groups is 1. The van der Waals surface area contributed by atoms with Gasteiger partial charge in [-0.15, -0.1) is 0 Å². The van der Waals surface area contributed by atoms with E-state index < -0.39 is 0 Å². The maximum atomic E-state index is 12.2. The zero-order valence-electron chi connectivity index (χ0n) is 16.0. The maximum Gasteiger partial charge on any atom is 0.225 e. The van der Waals surface area contributed by atoms with Gasteiger partial charge in [0.15, 0.2) is 0 Å². The summed E-state index contributed by atoms with van der Waals surface area (Å²) in [5.41, 5.74) is 4.57. The molecule has 1 fully saturated rings. The van der Waals surface area contributed by atoms with Gasteiger partial charge in [-0.25, -0.2) is 0 Å². The highest BCUT2D eigenvalue weighted by Crippen LogP contribution is 2.12. The summed E-state index contributed by atoms with van der Waals surface area (Å²) >= 11 is 0. The molecule has 1 aliphatic rings. The predicted molar refractivity (Wildman–Crippen MR) is 109 cm³/mol. The van der Waals surface area contributed by atoms with Crippen molar-refractivity contribution in [1.82, 2.24) is 10.2 Å². The smallest absolute Gasteiger partial charge is 0.225 e. The molecule has 144 valence electrons. The molecule has 0 atom stereocenters. The van der Waals surface area contributed by atoms with E-state index in [1.54, 1.807) is 0 Å². The van der Waals surface area contributed by atoms with Crippen molar-refractivity contribution in [2.75, 3.05) is 38.2 Å². The second-order valence-electron chi connectivity index (χ2n) is 7.05. The Bertz CT molecular complexity index is 742. The second-order valence-corrected chi connectivity index (χ2v) is 7.05. The molecule has 5 nitrogen and oxygen atoms in total. The fraction of sp³-hybridized carbons (Fsp3) is 0.409. The lowest BCUT2D eigenvalue weighted by Crippen LogP contribution is -2.38. The Labute approximate surface area is 161 Å². The van der Waals surface area contributed by atoms with E-state index >= 15 is 0 Å². The average Bonchev–Trinajstić information content (AvgIpc) is 2.68. The van der Waals surface area contributed by atoms with Crippen molar-refractivity contribution in [2.24, 2.45) is 0 Å². The Morgan fingerprint density at radius 3 is 2.48 bits per heavy atom. The Morgan fingerprint density at radius 1 is 1.04 bits per heavy atom. The van der Waals surface area contributed by atoms with Crippen molar-refractivity contribution in [1.29, 1.82) is 0 Å². The maximum absolute atomic E-state index is 12.2. The number of benzene rings is 2. The summed E-state index contributed by atoms with van der Waals surface area (Å²) in [6, 6.07) is 16.6. The molecule has 0 bridgehead atoms. The molecule has 1 aliphatic heterocycles. The number of rotatable bonds is 8. The quantitative estimate of drug-likeness (QED) is 0.753. The van der Waals surface area contributed by atoms with Crippen LogP contribution in [0.4, 0.5) is 5.69 Å². The van der Waals surface area contributed by atoms with Crippen LogP contribution in [0.25, 0.3) is 0 Å². The van der Waals surface area contributed by atoms with Gasteiger partial charge in [0.05, 0.1) is 13.2 Å². The largest absolute Gasteiger partial charge is 0.379 e. The lowest BCUT2D eigenvalue weighted by atomic mass is 10.1. The monoisotopic (exact) mass is 367 g/mol. The summed E-state index contributed by atoms with van der Waals surface area (Å²) in [7, 11) is 0. The SMILES string of the molecule is Cc1cccc(CNCc2cccc(NC(=O)CCN3CCOCC3)c2)c1. The van der Waals surface area contributed by atoms with Gasteiger partial charge in [0.2, 0.25) is 5.91 Å². The molecule has 1 amide bonds.